The first-order chi connectivity index (χ1) is 17.9. The lowest BCUT2D eigenvalue weighted by Gasteiger charge is -2.29. The number of rotatable bonds is 5. The molecule has 0 bridgehead atoms. The molecule has 188 valence electrons. The minimum atomic E-state index is -0.655. The van der Waals surface area contributed by atoms with E-state index in [1.54, 1.807) is 16.7 Å². The number of ether oxygens (including phenoxy) is 1. The van der Waals surface area contributed by atoms with Gasteiger partial charge in [-0.3, -0.25) is 9.59 Å². The highest BCUT2D eigenvalue weighted by molar-refractivity contribution is 8.01. The minimum Gasteiger partial charge on any atom is -0.454 e. The van der Waals surface area contributed by atoms with E-state index in [9.17, 15) is 14.4 Å². The summed E-state index contributed by atoms with van der Waals surface area (Å²) >= 11 is 1.60. The molecule has 0 saturated carbocycles. The van der Waals surface area contributed by atoms with E-state index in [0.717, 1.165) is 34.0 Å². The molecule has 7 nitrogen and oxygen atoms in total. The fourth-order valence-corrected chi connectivity index (χ4v) is 6.93. The third kappa shape index (κ3) is 4.29. The van der Waals surface area contributed by atoms with Crippen LogP contribution >= 0.6 is 11.8 Å². The van der Waals surface area contributed by atoms with Crippen molar-refractivity contribution >= 4 is 46.0 Å². The predicted molar refractivity (Wildman–Crippen MR) is 143 cm³/mol. The van der Waals surface area contributed by atoms with Crippen molar-refractivity contribution < 1.29 is 19.1 Å². The monoisotopic (exact) mass is 513 g/mol. The normalized spacial score (nSPS) is 24.9. The lowest BCUT2D eigenvalue weighted by Crippen LogP contribution is -2.47. The summed E-state index contributed by atoms with van der Waals surface area (Å²) in [6, 6.07) is 23.1. The van der Waals surface area contributed by atoms with Crippen molar-refractivity contribution in [3.63, 3.8) is 0 Å². The van der Waals surface area contributed by atoms with E-state index in [0.29, 0.717) is 18.6 Å². The summed E-state index contributed by atoms with van der Waals surface area (Å²) in [5, 5.41) is 8.41. The second-order valence-corrected chi connectivity index (χ2v) is 11.4. The van der Waals surface area contributed by atoms with Crippen molar-refractivity contribution in [2.75, 3.05) is 12.4 Å². The fraction of sp³-hybridized carbons (Fsp3) is 0.310. The highest BCUT2D eigenvalue weighted by Gasteiger charge is 2.53. The van der Waals surface area contributed by atoms with Gasteiger partial charge < -0.3 is 9.64 Å². The molecule has 2 saturated heterocycles. The van der Waals surface area contributed by atoms with Gasteiger partial charge in [0.05, 0.1) is 16.6 Å². The van der Waals surface area contributed by atoms with E-state index < -0.39 is 18.6 Å². The molecular weight excluding hydrogens is 486 g/mol. The maximum absolute atomic E-state index is 13.3. The second kappa shape index (κ2) is 9.34. The SMILES string of the molecule is C[C@]12CCC(=O)N1[C@H](C(=O)OCC(=O)N1N=C(c3ccc4ccccc4c3)C[C@@H]1c1ccccc1)CS2. The van der Waals surface area contributed by atoms with Crippen LogP contribution < -0.4 is 0 Å². The van der Waals surface area contributed by atoms with Crippen molar-refractivity contribution in [1.82, 2.24) is 9.91 Å². The highest BCUT2D eigenvalue weighted by atomic mass is 32.2. The van der Waals surface area contributed by atoms with Crippen LogP contribution in [-0.2, 0) is 19.1 Å². The summed E-state index contributed by atoms with van der Waals surface area (Å²) in [5.41, 5.74) is 2.74. The molecule has 6 rings (SSSR count). The van der Waals surface area contributed by atoms with Crippen molar-refractivity contribution in [3.8, 4) is 0 Å². The first kappa shape index (κ1) is 23.7. The van der Waals surface area contributed by atoms with Crippen molar-refractivity contribution in [3.05, 3.63) is 83.9 Å². The number of hydrazone groups is 1. The molecule has 2 amide bonds. The van der Waals surface area contributed by atoms with Crippen LogP contribution in [0.15, 0.2) is 77.9 Å². The molecule has 0 aliphatic carbocycles. The fourth-order valence-electron chi connectivity index (χ4n) is 5.51. The number of benzene rings is 3. The Labute approximate surface area is 219 Å². The number of nitrogens with zero attached hydrogens (tertiary/aromatic N) is 3. The second-order valence-electron chi connectivity index (χ2n) is 9.85. The van der Waals surface area contributed by atoms with Gasteiger partial charge in [-0.15, -0.1) is 11.8 Å². The Morgan fingerprint density at radius 1 is 1.05 bits per heavy atom. The number of esters is 1. The van der Waals surface area contributed by atoms with Gasteiger partial charge in [-0.2, -0.15) is 5.10 Å². The minimum absolute atomic E-state index is 0.0333. The maximum atomic E-state index is 13.3. The van der Waals surface area contributed by atoms with E-state index >= 15 is 0 Å². The predicted octanol–water partition coefficient (Wildman–Crippen LogP) is 4.51. The molecule has 3 atom stereocenters. The third-order valence-electron chi connectivity index (χ3n) is 7.49. The summed E-state index contributed by atoms with van der Waals surface area (Å²) in [6.45, 7) is 1.56. The van der Waals surface area contributed by atoms with Gasteiger partial charge in [0, 0.05) is 18.6 Å². The average Bonchev–Trinajstić information content (AvgIpc) is 3.60. The van der Waals surface area contributed by atoms with Gasteiger partial charge in [0.1, 0.15) is 6.04 Å². The zero-order valence-electron chi connectivity index (χ0n) is 20.5. The van der Waals surface area contributed by atoms with Crippen molar-refractivity contribution in [2.24, 2.45) is 5.10 Å². The third-order valence-corrected chi connectivity index (χ3v) is 8.99. The Morgan fingerprint density at radius 2 is 1.81 bits per heavy atom. The van der Waals surface area contributed by atoms with E-state index in [2.05, 4.69) is 24.3 Å². The van der Waals surface area contributed by atoms with Gasteiger partial charge >= 0.3 is 5.97 Å². The molecule has 0 radical (unpaired) electrons. The topological polar surface area (TPSA) is 79.3 Å². The Kier molecular flexibility index (Phi) is 5.99. The van der Waals surface area contributed by atoms with E-state index in [1.165, 1.54) is 5.01 Å². The summed E-state index contributed by atoms with van der Waals surface area (Å²) in [4.78, 5) is 39.9. The average molecular weight is 514 g/mol. The largest absolute Gasteiger partial charge is 0.454 e. The molecule has 0 spiro atoms. The molecule has 3 aliphatic heterocycles. The van der Waals surface area contributed by atoms with Crippen LogP contribution in [0.25, 0.3) is 10.8 Å². The Balaban J connectivity index is 1.22. The van der Waals surface area contributed by atoms with Crippen LogP contribution in [0.3, 0.4) is 0 Å². The lowest BCUT2D eigenvalue weighted by atomic mass is 9.97. The number of thioether (sulfide) groups is 1. The molecule has 8 heteroatoms. The Bertz CT molecular complexity index is 1420. The Hall–Kier alpha value is -3.65. The molecular formula is C29H27N3O4S. The maximum Gasteiger partial charge on any atom is 0.330 e. The summed E-state index contributed by atoms with van der Waals surface area (Å²) in [6.07, 6.45) is 1.71. The van der Waals surface area contributed by atoms with Gasteiger partial charge in [0.25, 0.3) is 5.91 Å². The van der Waals surface area contributed by atoms with Crippen molar-refractivity contribution in [2.45, 2.75) is 43.1 Å². The number of hydrogen-bond donors (Lipinski definition) is 0. The molecule has 3 heterocycles. The molecule has 2 fully saturated rings. The Morgan fingerprint density at radius 3 is 2.62 bits per heavy atom. The van der Waals surface area contributed by atoms with E-state index in [4.69, 9.17) is 9.84 Å². The number of amides is 2. The molecule has 3 aromatic carbocycles. The molecule has 37 heavy (non-hydrogen) atoms. The molecule has 3 aliphatic rings. The zero-order valence-corrected chi connectivity index (χ0v) is 21.3. The summed E-state index contributed by atoms with van der Waals surface area (Å²) < 4.78 is 5.48. The zero-order chi connectivity index (χ0) is 25.6. The number of carbonyl (C=O) groups excluding carboxylic acids is 3. The number of carbonyl (C=O) groups is 3. The number of fused-ring (bicyclic) bond motifs is 2. The molecule has 0 N–H and O–H groups in total. The first-order valence-corrected chi connectivity index (χ1v) is 13.5. The van der Waals surface area contributed by atoms with E-state index in [-0.39, 0.29) is 22.7 Å². The van der Waals surface area contributed by atoms with Crippen LogP contribution in [0.5, 0.6) is 0 Å². The van der Waals surface area contributed by atoms with E-state index in [1.807, 2.05) is 55.5 Å². The van der Waals surface area contributed by atoms with Crippen LogP contribution in [-0.4, -0.2) is 56.7 Å². The van der Waals surface area contributed by atoms with Crippen LogP contribution in [0.4, 0.5) is 0 Å². The summed E-state index contributed by atoms with van der Waals surface area (Å²) in [5.74, 6) is -0.474. The smallest absolute Gasteiger partial charge is 0.330 e. The lowest BCUT2D eigenvalue weighted by molar-refractivity contribution is -0.158. The van der Waals surface area contributed by atoms with Gasteiger partial charge in [-0.25, -0.2) is 9.80 Å². The quantitative estimate of drug-likeness (QED) is 0.469. The molecule has 3 aromatic rings. The van der Waals surface area contributed by atoms with Crippen LogP contribution in [0.2, 0.25) is 0 Å². The first-order valence-electron chi connectivity index (χ1n) is 12.5. The van der Waals surface area contributed by atoms with Crippen molar-refractivity contribution in [1.29, 1.82) is 0 Å². The van der Waals surface area contributed by atoms with Gasteiger partial charge in [0.15, 0.2) is 6.61 Å². The highest BCUT2D eigenvalue weighted by Crippen LogP contribution is 2.47. The van der Waals surface area contributed by atoms with Crippen LogP contribution in [0, 0.1) is 0 Å². The van der Waals surface area contributed by atoms with Crippen LogP contribution in [0.1, 0.15) is 43.4 Å². The number of hydrogen-bond acceptors (Lipinski definition) is 6. The standard InChI is InChI=1S/C29H27N3O4S/c1-29-14-13-26(33)31(29)25(18-37-29)28(35)36-17-27(34)32-24(20-8-3-2-4-9-20)16-23(30-32)22-12-11-19-7-5-6-10-21(19)15-22/h2-12,15,24-25H,13-14,16-18H2,1H3/t24-,25+,29+/m1/s1. The van der Waals surface area contributed by atoms with Gasteiger partial charge in [-0.05, 0) is 41.3 Å². The molecule has 0 aromatic heterocycles. The summed E-state index contributed by atoms with van der Waals surface area (Å²) in [7, 11) is 0. The van der Waals surface area contributed by atoms with Gasteiger partial charge in [-0.1, -0.05) is 66.7 Å². The molecule has 0 unspecified atom stereocenters. The van der Waals surface area contributed by atoms with Gasteiger partial charge in [0.2, 0.25) is 5.91 Å².